The molecule has 0 aromatic heterocycles. The molecule has 2 fully saturated rings. The zero-order valence-corrected chi connectivity index (χ0v) is 14.2. The second-order valence-corrected chi connectivity index (χ2v) is 7.09. The van der Waals surface area contributed by atoms with Crippen molar-refractivity contribution in [1.82, 2.24) is 5.32 Å². The predicted molar refractivity (Wildman–Crippen MR) is 93.2 cm³/mol. The zero-order valence-electron chi connectivity index (χ0n) is 14.2. The van der Waals surface area contributed by atoms with E-state index in [0.717, 1.165) is 31.4 Å². The van der Waals surface area contributed by atoms with E-state index in [0.29, 0.717) is 24.7 Å². The molecule has 1 heterocycles. The van der Waals surface area contributed by atoms with Crippen LogP contribution in [0.2, 0.25) is 0 Å². The summed E-state index contributed by atoms with van der Waals surface area (Å²) in [7, 11) is 0. The minimum Gasteiger partial charge on any atom is -0.481 e. The van der Waals surface area contributed by atoms with Crippen LogP contribution in [0.3, 0.4) is 0 Å². The molecule has 1 aliphatic heterocycles. The van der Waals surface area contributed by atoms with Crippen molar-refractivity contribution in [3.63, 3.8) is 0 Å². The van der Waals surface area contributed by atoms with E-state index in [4.69, 9.17) is 5.11 Å². The summed E-state index contributed by atoms with van der Waals surface area (Å²) in [5, 5.41) is 14.4. The second-order valence-electron chi connectivity index (χ2n) is 7.09. The lowest BCUT2D eigenvalue weighted by atomic mass is 9.77. The molecule has 2 aliphatic rings. The maximum absolute atomic E-state index is 11.8. The Morgan fingerprint density at radius 2 is 1.76 bits per heavy atom. The molecule has 6 heteroatoms. The van der Waals surface area contributed by atoms with Crippen LogP contribution in [0.15, 0.2) is 24.3 Å². The molecule has 1 saturated carbocycles. The average molecular weight is 344 g/mol. The largest absolute Gasteiger partial charge is 0.481 e. The molecule has 1 atom stereocenters. The molecule has 2 amide bonds. The predicted octanol–water partition coefficient (Wildman–Crippen LogP) is 2.65. The molecular weight excluding hydrogens is 320 g/mol. The van der Waals surface area contributed by atoms with E-state index in [1.807, 2.05) is 12.1 Å². The molecule has 0 spiro atoms. The van der Waals surface area contributed by atoms with E-state index < -0.39 is 5.97 Å². The summed E-state index contributed by atoms with van der Waals surface area (Å²) in [4.78, 5) is 33.8. The highest BCUT2D eigenvalue weighted by Gasteiger charge is 2.27. The number of aliphatic carboxylic acids is 1. The normalized spacial score (nSPS) is 26.8. The number of carboxylic acid groups (broad SMARTS) is 1. The number of piperidine rings is 1. The van der Waals surface area contributed by atoms with Crippen molar-refractivity contribution < 1.29 is 19.5 Å². The Kier molecular flexibility index (Phi) is 5.36. The molecule has 3 rings (SSSR count). The monoisotopic (exact) mass is 344 g/mol. The zero-order chi connectivity index (χ0) is 17.8. The molecule has 0 radical (unpaired) electrons. The molecule has 1 aliphatic carbocycles. The van der Waals surface area contributed by atoms with E-state index in [9.17, 15) is 14.4 Å². The van der Waals surface area contributed by atoms with Gasteiger partial charge in [-0.15, -0.1) is 0 Å². The number of hydrogen-bond acceptors (Lipinski definition) is 4. The number of imide groups is 1. The van der Waals surface area contributed by atoms with E-state index in [1.165, 1.54) is 5.56 Å². The number of amides is 2. The van der Waals surface area contributed by atoms with Crippen LogP contribution >= 0.6 is 0 Å². The average Bonchev–Trinajstić information content (AvgIpc) is 2.58. The molecule has 134 valence electrons. The Balaban J connectivity index is 1.53. The van der Waals surface area contributed by atoms with Crippen molar-refractivity contribution in [2.24, 2.45) is 5.92 Å². The first-order valence-corrected chi connectivity index (χ1v) is 8.93. The summed E-state index contributed by atoms with van der Waals surface area (Å²) in [6.45, 7) is 0. The Morgan fingerprint density at radius 1 is 1.08 bits per heavy atom. The number of carboxylic acids is 1. The highest BCUT2D eigenvalue weighted by Crippen LogP contribution is 2.37. The first kappa shape index (κ1) is 17.5. The first-order chi connectivity index (χ1) is 12.0. The van der Waals surface area contributed by atoms with Gasteiger partial charge in [0.25, 0.3) is 0 Å². The van der Waals surface area contributed by atoms with E-state index in [1.54, 1.807) is 0 Å². The van der Waals surface area contributed by atoms with Gasteiger partial charge in [-0.05, 0) is 61.6 Å². The van der Waals surface area contributed by atoms with E-state index in [-0.39, 0.29) is 24.3 Å². The number of carbonyl (C=O) groups is 3. The van der Waals surface area contributed by atoms with Gasteiger partial charge in [0.1, 0.15) is 6.04 Å². The molecule has 0 unspecified atom stereocenters. The lowest BCUT2D eigenvalue weighted by molar-refractivity contribution is -0.138. The third-order valence-corrected chi connectivity index (χ3v) is 5.27. The Hall–Kier alpha value is -2.37. The van der Waals surface area contributed by atoms with E-state index in [2.05, 4.69) is 22.8 Å². The lowest BCUT2D eigenvalue weighted by Gasteiger charge is -2.28. The van der Waals surface area contributed by atoms with Crippen molar-refractivity contribution in [2.45, 2.75) is 56.9 Å². The van der Waals surface area contributed by atoms with Crippen LogP contribution in [0.1, 0.15) is 56.4 Å². The quantitative estimate of drug-likeness (QED) is 0.714. The summed E-state index contributed by atoms with van der Waals surface area (Å²) >= 11 is 0. The maximum Gasteiger partial charge on any atom is 0.303 e. The van der Waals surface area contributed by atoms with Crippen LogP contribution in [-0.2, 0) is 14.4 Å². The molecule has 25 heavy (non-hydrogen) atoms. The molecule has 6 nitrogen and oxygen atoms in total. The van der Waals surface area contributed by atoms with Crippen molar-refractivity contribution in [1.29, 1.82) is 0 Å². The lowest BCUT2D eigenvalue weighted by Crippen LogP contribution is -2.47. The fourth-order valence-corrected chi connectivity index (χ4v) is 3.83. The van der Waals surface area contributed by atoms with Crippen LogP contribution in [0.5, 0.6) is 0 Å². The van der Waals surface area contributed by atoms with Gasteiger partial charge in [0.15, 0.2) is 0 Å². The van der Waals surface area contributed by atoms with Crippen LogP contribution in [0.25, 0.3) is 0 Å². The number of carbonyl (C=O) groups excluding carboxylic acids is 2. The van der Waals surface area contributed by atoms with Gasteiger partial charge in [-0.25, -0.2) is 0 Å². The van der Waals surface area contributed by atoms with Gasteiger partial charge in [0.2, 0.25) is 11.8 Å². The summed E-state index contributed by atoms with van der Waals surface area (Å²) < 4.78 is 0. The van der Waals surface area contributed by atoms with Gasteiger partial charge >= 0.3 is 5.97 Å². The van der Waals surface area contributed by atoms with Gasteiger partial charge < -0.3 is 10.4 Å². The van der Waals surface area contributed by atoms with Crippen LogP contribution in [-0.4, -0.2) is 28.9 Å². The smallest absolute Gasteiger partial charge is 0.303 e. The topological polar surface area (TPSA) is 95.5 Å². The third-order valence-electron chi connectivity index (χ3n) is 5.27. The van der Waals surface area contributed by atoms with E-state index >= 15 is 0 Å². The highest BCUT2D eigenvalue weighted by molar-refractivity contribution is 6.01. The Bertz CT molecular complexity index is 648. The number of benzene rings is 1. The minimum atomic E-state index is -0.702. The summed E-state index contributed by atoms with van der Waals surface area (Å²) in [6.07, 6.45) is 5.14. The summed E-state index contributed by atoms with van der Waals surface area (Å²) in [5.74, 6) is -0.391. The number of hydrogen-bond donors (Lipinski definition) is 3. The van der Waals surface area contributed by atoms with Gasteiger partial charge in [-0.1, -0.05) is 12.1 Å². The number of rotatable bonds is 5. The Morgan fingerprint density at radius 3 is 2.36 bits per heavy atom. The summed E-state index contributed by atoms with van der Waals surface area (Å²) in [6, 6.07) is 7.74. The minimum absolute atomic E-state index is 0.211. The van der Waals surface area contributed by atoms with Gasteiger partial charge in [0.05, 0.1) is 0 Å². The maximum atomic E-state index is 11.8. The molecule has 1 aromatic carbocycles. The van der Waals surface area contributed by atoms with Crippen molar-refractivity contribution in [3.05, 3.63) is 29.8 Å². The van der Waals surface area contributed by atoms with Gasteiger partial charge in [0, 0.05) is 18.5 Å². The molecule has 3 N–H and O–H groups in total. The molecule has 0 bridgehead atoms. The second kappa shape index (κ2) is 7.68. The standard InChI is InChI=1S/C19H24N2O4/c22-17-10-9-16(19(25)21-17)20-15-7-5-14(6-8-15)13-3-1-12(2-4-13)11-18(23)24/h5-8,12-13,16,20H,1-4,9-11H2,(H,23,24)(H,21,22,25)/t12?,13?,16-/m1/s1. The number of anilines is 1. The van der Waals surface area contributed by atoms with Crippen LogP contribution in [0, 0.1) is 5.92 Å². The molecule has 1 saturated heterocycles. The fraction of sp³-hybridized carbons (Fsp3) is 0.526. The Labute approximate surface area is 147 Å². The number of nitrogens with one attached hydrogen (secondary N) is 2. The van der Waals surface area contributed by atoms with Crippen molar-refractivity contribution >= 4 is 23.5 Å². The summed E-state index contributed by atoms with van der Waals surface area (Å²) in [5.41, 5.74) is 2.14. The first-order valence-electron chi connectivity index (χ1n) is 8.93. The van der Waals surface area contributed by atoms with Crippen LogP contribution < -0.4 is 10.6 Å². The van der Waals surface area contributed by atoms with Gasteiger partial charge in [-0.3, -0.25) is 19.7 Å². The highest BCUT2D eigenvalue weighted by atomic mass is 16.4. The van der Waals surface area contributed by atoms with Gasteiger partial charge in [-0.2, -0.15) is 0 Å². The third kappa shape index (κ3) is 4.59. The molecule has 1 aromatic rings. The van der Waals surface area contributed by atoms with Crippen molar-refractivity contribution in [3.8, 4) is 0 Å². The SMILES string of the molecule is O=C(O)CC1CCC(c2ccc(N[C@@H]3CCC(=O)NC3=O)cc2)CC1. The fourth-order valence-electron chi connectivity index (χ4n) is 3.83. The van der Waals surface area contributed by atoms with Crippen LogP contribution in [0.4, 0.5) is 5.69 Å². The van der Waals surface area contributed by atoms with Crippen molar-refractivity contribution in [2.75, 3.05) is 5.32 Å². The molecular formula is C19H24N2O4.